The highest BCUT2D eigenvalue weighted by Crippen LogP contribution is 2.24. The van der Waals surface area contributed by atoms with Crippen molar-refractivity contribution in [1.29, 1.82) is 0 Å². The van der Waals surface area contributed by atoms with Crippen molar-refractivity contribution in [3.8, 4) is 0 Å². The highest BCUT2D eigenvalue weighted by molar-refractivity contribution is 6.34. The second-order valence-corrected chi connectivity index (χ2v) is 3.67. The zero-order chi connectivity index (χ0) is 9.84. The molecule has 0 amide bonds. The molecular weight excluding hydrogens is 209 g/mol. The van der Waals surface area contributed by atoms with Crippen LogP contribution in [0.4, 0.5) is 0 Å². The van der Waals surface area contributed by atoms with Crippen LogP contribution in [-0.2, 0) is 0 Å². The Bertz CT molecular complexity index is 271. The highest BCUT2D eigenvalue weighted by Gasteiger charge is 2.07. The third kappa shape index (κ3) is 3.16. The van der Waals surface area contributed by atoms with Gasteiger partial charge >= 0.3 is 0 Å². The van der Waals surface area contributed by atoms with Gasteiger partial charge in [0.25, 0.3) is 0 Å². The molecule has 0 radical (unpaired) electrons. The lowest BCUT2D eigenvalue weighted by atomic mass is 10.1. The lowest BCUT2D eigenvalue weighted by Gasteiger charge is -2.10. The summed E-state index contributed by atoms with van der Waals surface area (Å²) in [5, 5.41) is 10.6. The summed E-state index contributed by atoms with van der Waals surface area (Å²) in [5.41, 5.74) is 6.03. The Labute approximate surface area is 87.3 Å². The van der Waals surface area contributed by atoms with Gasteiger partial charge in [0.15, 0.2) is 0 Å². The number of nitrogens with two attached hydrogens (primary N) is 1. The van der Waals surface area contributed by atoms with Crippen molar-refractivity contribution in [3.63, 3.8) is 0 Å². The molecule has 0 spiro atoms. The molecule has 1 aromatic carbocycles. The van der Waals surface area contributed by atoms with Gasteiger partial charge in [0, 0.05) is 10.0 Å². The van der Waals surface area contributed by atoms with Gasteiger partial charge < -0.3 is 10.8 Å². The van der Waals surface area contributed by atoms with E-state index < -0.39 is 6.10 Å². The van der Waals surface area contributed by atoms with Gasteiger partial charge in [0.1, 0.15) is 0 Å². The van der Waals surface area contributed by atoms with Crippen molar-refractivity contribution in [2.75, 3.05) is 6.54 Å². The fraction of sp³-hybridized carbons (Fsp3) is 0.333. The van der Waals surface area contributed by atoms with Gasteiger partial charge in [-0.15, -0.1) is 0 Å². The van der Waals surface area contributed by atoms with Crippen molar-refractivity contribution in [2.45, 2.75) is 12.5 Å². The second kappa shape index (κ2) is 4.82. The van der Waals surface area contributed by atoms with Crippen LogP contribution in [0.5, 0.6) is 0 Å². The first-order chi connectivity index (χ1) is 6.13. The van der Waals surface area contributed by atoms with E-state index in [-0.39, 0.29) is 0 Å². The van der Waals surface area contributed by atoms with E-state index in [9.17, 15) is 5.11 Å². The summed E-state index contributed by atoms with van der Waals surface area (Å²) in [6.07, 6.45) is -0.0716. The minimum Gasteiger partial charge on any atom is -0.388 e. The molecular formula is C9H11Cl2NO. The molecule has 0 aliphatic carbocycles. The number of hydrogen-bond acceptors (Lipinski definition) is 2. The molecule has 0 bridgehead atoms. The highest BCUT2D eigenvalue weighted by atomic mass is 35.5. The molecule has 0 aliphatic heterocycles. The molecule has 1 rings (SSSR count). The van der Waals surface area contributed by atoms with E-state index in [0.29, 0.717) is 28.6 Å². The monoisotopic (exact) mass is 219 g/mol. The fourth-order valence-electron chi connectivity index (χ4n) is 1.09. The maximum absolute atomic E-state index is 9.57. The summed E-state index contributed by atoms with van der Waals surface area (Å²) in [6.45, 7) is 0.436. The van der Waals surface area contributed by atoms with E-state index in [0.717, 1.165) is 0 Å². The van der Waals surface area contributed by atoms with Crippen molar-refractivity contribution in [1.82, 2.24) is 0 Å². The Balaban J connectivity index is 2.87. The number of aliphatic hydroxyl groups excluding tert-OH is 1. The van der Waals surface area contributed by atoms with Gasteiger partial charge in [-0.3, -0.25) is 0 Å². The number of benzene rings is 1. The summed E-state index contributed by atoms with van der Waals surface area (Å²) in [5.74, 6) is 0. The van der Waals surface area contributed by atoms with E-state index in [1.54, 1.807) is 18.2 Å². The van der Waals surface area contributed by atoms with Crippen molar-refractivity contribution >= 4 is 23.2 Å². The Kier molecular flexibility index (Phi) is 4.00. The summed E-state index contributed by atoms with van der Waals surface area (Å²) in [4.78, 5) is 0. The normalized spacial score (nSPS) is 12.9. The maximum Gasteiger partial charge on any atom is 0.0803 e. The standard InChI is InChI=1S/C9H11Cl2NO/c10-7-3-6(4-8(11)5-7)9(13)1-2-12/h3-5,9,13H,1-2,12H2. The molecule has 4 heteroatoms. The average molecular weight is 220 g/mol. The molecule has 0 fully saturated rings. The third-order valence-electron chi connectivity index (χ3n) is 1.71. The number of rotatable bonds is 3. The molecule has 0 aliphatic rings. The predicted molar refractivity (Wildman–Crippen MR) is 55.1 cm³/mol. The Morgan fingerprint density at radius 1 is 1.23 bits per heavy atom. The van der Waals surface area contributed by atoms with Crippen molar-refractivity contribution in [2.24, 2.45) is 5.73 Å². The topological polar surface area (TPSA) is 46.2 Å². The smallest absolute Gasteiger partial charge is 0.0803 e. The van der Waals surface area contributed by atoms with Crippen LogP contribution in [0.15, 0.2) is 18.2 Å². The van der Waals surface area contributed by atoms with Gasteiger partial charge in [0.05, 0.1) is 6.10 Å². The van der Waals surface area contributed by atoms with Crippen molar-refractivity contribution in [3.05, 3.63) is 33.8 Å². The zero-order valence-electron chi connectivity index (χ0n) is 7.00. The summed E-state index contributed by atoms with van der Waals surface area (Å²) >= 11 is 11.5. The van der Waals surface area contributed by atoms with Crippen LogP contribution in [0, 0.1) is 0 Å². The van der Waals surface area contributed by atoms with Crippen LogP contribution < -0.4 is 5.73 Å². The first-order valence-electron chi connectivity index (χ1n) is 3.97. The quantitative estimate of drug-likeness (QED) is 0.821. The van der Waals surface area contributed by atoms with E-state index in [2.05, 4.69) is 0 Å². The van der Waals surface area contributed by atoms with E-state index in [4.69, 9.17) is 28.9 Å². The van der Waals surface area contributed by atoms with Crippen LogP contribution in [0.2, 0.25) is 10.0 Å². The predicted octanol–water partition coefficient (Wildman–Crippen LogP) is 2.38. The summed E-state index contributed by atoms with van der Waals surface area (Å²) < 4.78 is 0. The molecule has 0 aromatic heterocycles. The largest absolute Gasteiger partial charge is 0.388 e. The number of aliphatic hydroxyl groups is 1. The molecule has 2 nitrogen and oxygen atoms in total. The molecule has 3 N–H and O–H groups in total. The fourth-order valence-corrected chi connectivity index (χ4v) is 1.64. The second-order valence-electron chi connectivity index (χ2n) is 2.80. The molecule has 13 heavy (non-hydrogen) atoms. The summed E-state index contributed by atoms with van der Waals surface area (Å²) in [6, 6.07) is 5.00. The van der Waals surface area contributed by atoms with Crippen LogP contribution >= 0.6 is 23.2 Å². The zero-order valence-corrected chi connectivity index (χ0v) is 8.52. The van der Waals surface area contributed by atoms with E-state index in [1.165, 1.54) is 0 Å². The molecule has 0 saturated heterocycles. The average Bonchev–Trinajstić information content (AvgIpc) is 2.03. The molecule has 1 aromatic rings. The van der Waals surface area contributed by atoms with E-state index >= 15 is 0 Å². The minimum atomic E-state index is -0.582. The lowest BCUT2D eigenvalue weighted by molar-refractivity contribution is 0.170. The van der Waals surface area contributed by atoms with Gasteiger partial charge in [-0.25, -0.2) is 0 Å². The Morgan fingerprint density at radius 2 is 1.77 bits per heavy atom. The van der Waals surface area contributed by atoms with Gasteiger partial charge in [-0.2, -0.15) is 0 Å². The first kappa shape index (κ1) is 10.8. The minimum absolute atomic E-state index is 0.436. The van der Waals surface area contributed by atoms with Crippen LogP contribution in [0.25, 0.3) is 0 Å². The third-order valence-corrected chi connectivity index (χ3v) is 2.15. The van der Waals surface area contributed by atoms with Gasteiger partial charge in [-0.05, 0) is 36.7 Å². The SMILES string of the molecule is NCCC(O)c1cc(Cl)cc(Cl)c1. The first-order valence-corrected chi connectivity index (χ1v) is 4.73. The number of halogens is 2. The number of hydrogen-bond donors (Lipinski definition) is 2. The Morgan fingerprint density at radius 3 is 2.23 bits per heavy atom. The van der Waals surface area contributed by atoms with Crippen LogP contribution in [0.1, 0.15) is 18.1 Å². The lowest BCUT2D eigenvalue weighted by Crippen LogP contribution is -2.06. The molecule has 0 heterocycles. The molecule has 1 unspecified atom stereocenters. The molecule has 0 saturated carbocycles. The van der Waals surface area contributed by atoms with E-state index in [1.807, 2.05) is 0 Å². The maximum atomic E-state index is 9.57. The van der Waals surface area contributed by atoms with Crippen LogP contribution in [-0.4, -0.2) is 11.7 Å². The van der Waals surface area contributed by atoms with Crippen LogP contribution in [0.3, 0.4) is 0 Å². The van der Waals surface area contributed by atoms with Crippen molar-refractivity contribution < 1.29 is 5.11 Å². The van der Waals surface area contributed by atoms with Gasteiger partial charge in [0.2, 0.25) is 0 Å². The molecule has 72 valence electrons. The summed E-state index contributed by atoms with van der Waals surface area (Å²) in [7, 11) is 0. The molecule has 1 atom stereocenters. The van der Waals surface area contributed by atoms with Gasteiger partial charge in [-0.1, -0.05) is 23.2 Å². The Hall–Kier alpha value is -0.280.